The molecule has 0 spiro atoms. The number of halogens is 2. The number of nitrogens with one attached hydrogen (secondary N) is 3. The molecule has 0 bridgehead atoms. The van der Waals surface area contributed by atoms with Gasteiger partial charge in [0.05, 0.1) is 39.6 Å². The van der Waals surface area contributed by atoms with Crippen molar-refractivity contribution in [2.45, 2.75) is 32.7 Å². The van der Waals surface area contributed by atoms with Crippen LogP contribution in [0.25, 0.3) is 0 Å². The molecule has 4 rings (SSSR count). The molecule has 3 aromatic carbocycles. The number of esters is 1. The van der Waals surface area contributed by atoms with Crippen LogP contribution in [0.1, 0.15) is 36.6 Å². The standard InChI is InChI=1S/C31H32BrIN4O7/c1-4-42-25-14-21(28-27(30(39)41-3)18(2)35-31(40)36-28)10-11-24(25)43-17-26(38)37-34-15-20-12-22(32)29(23(33)13-20)44-16-19-8-6-5-7-9-19/h5-15,26,28,37-38H,4,16-17H2,1-3H3,(H2,35,36,40)/b34-15-/t26-,28+/m0/s1. The monoisotopic (exact) mass is 778 g/mol. The van der Waals surface area contributed by atoms with Gasteiger partial charge in [-0.3, -0.25) is 5.43 Å². The summed E-state index contributed by atoms with van der Waals surface area (Å²) in [5.74, 6) is 0.914. The third-order valence-corrected chi connectivity index (χ3v) is 7.75. The van der Waals surface area contributed by atoms with Crippen molar-refractivity contribution >= 4 is 56.7 Å². The van der Waals surface area contributed by atoms with Gasteiger partial charge in [-0.2, -0.15) is 5.10 Å². The predicted molar refractivity (Wildman–Crippen MR) is 177 cm³/mol. The Balaban J connectivity index is 1.37. The van der Waals surface area contributed by atoms with Gasteiger partial charge in [-0.1, -0.05) is 36.4 Å². The summed E-state index contributed by atoms with van der Waals surface area (Å²) in [5.41, 5.74) is 5.78. The van der Waals surface area contributed by atoms with Crippen LogP contribution in [0, 0.1) is 3.57 Å². The Morgan fingerprint density at radius 3 is 2.61 bits per heavy atom. The van der Waals surface area contributed by atoms with Crippen LogP contribution < -0.4 is 30.3 Å². The molecule has 11 nitrogen and oxygen atoms in total. The summed E-state index contributed by atoms with van der Waals surface area (Å²) in [5, 5.41) is 19.9. The van der Waals surface area contributed by atoms with Crippen molar-refractivity contribution in [1.29, 1.82) is 0 Å². The number of amides is 2. The highest BCUT2D eigenvalue weighted by molar-refractivity contribution is 14.1. The number of allylic oxidation sites excluding steroid dienone is 1. The number of hydrogen-bond donors (Lipinski definition) is 4. The van der Waals surface area contributed by atoms with Gasteiger partial charge in [0.1, 0.15) is 19.0 Å². The first-order chi connectivity index (χ1) is 21.2. The molecule has 1 aliphatic heterocycles. The van der Waals surface area contributed by atoms with Crippen LogP contribution in [0.5, 0.6) is 17.2 Å². The molecule has 44 heavy (non-hydrogen) atoms. The number of aliphatic hydroxyl groups is 1. The number of ether oxygens (including phenoxy) is 4. The van der Waals surface area contributed by atoms with Gasteiger partial charge in [0.15, 0.2) is 17.7 Å². The maximum absolute atomic E-state index is 12.4. The average molecular weight is 779 g/mol. The fourth-order valence-corrected chi connectivity index (χ4v) is 6.11. The molecule has 0 unspecified atom stereocenters. The predicted octanol–water partition coefficient (Wildman–Crippen LogP) is 5.15. The Morgan fingerprint density at radius 2 is 1.91 bits per heavy atom. The normalized spacial score (nSPS) is 15.3. The highest BCUT2D eigenvalue weighted by atomic mass is 127. The van der Waals surface area contributed by atoms with E-state index in [-0.39, 0.29) is 12.2 Å². The molecular formula is C31H32BrIN4O7. The second kappa shape index (κ2) is 15.8. The molecule has 2 atom stereocenters. The van der Waals surface area contributed by atoms with E-state index in [0.29, 0.717) is 36.0 Å². The number of methoxy groups -OCH3 is 1. The molecule has 1 heterocycles. The molecule has 232 valence electrons. The summed E-state index contributed by atoms with van der Waals surface area (Å²) in [6.45, 7) is 4.10. The minimum atomic E-state index is -1.13. The van der Waals surface area contributed by atoms with E-state index in [1.807, 2.05) is 49.4 Å². The summed E-state index contributed by atoms with van der Waals surface area (Å²) in [6, 6.07) is 17.5. The van der Waals surface area contributed by atoms with Gasteiger partial charge in [-0.05, 0) is 93.3 Å². The molecule has 3 aromatic rings. The van der Waals surface area contributed by atoms with E-state index < -0.39 is 24.3 Å². The lowest BCUT2D eigenvalue weighted by molar-refractivity contribution is -0.136. The second-order valence-corrected chi connectivity index (χ2v) is 11.5. The van der Waals surface area contributed by atoms with Gasteiger partial charge in [-0.15, -0.1) is 0 Å². The molecule has 0 aromatic heterocycles. The van der Waals surface area contributed by atoms with E-state index in [2.05, 4.69) is 59.7 Å². The SMILES string of the molecule is CCOc1cc([C@H]2NC(=O)NC(C)=C2C(=O)OC)ccc1OC[C@H](O)N/N=C\c1cc(Br)c(OCc2ccccc2)c(I)c1. The number of carbonyl (C=O) groups is 2. The van der Waals surface area contributed by atoms with E-state index in [0.717, 1.165) is 24.9 Å². The molecule has 0 saturated heterocycles. The fraction of sp³-hybridized carbons (Fsp3) is 0.258. The number of rotatable bonds is 13. The number of benzene rings is 3. The van der Waals surface area contributed by atoms with Crippen LogP contribution >= 0.6 is 38.5 Å². The van der Waals surface area contributed by atoms with Crippen molar-refractivity contribution in [3.05, 3.63) is 96.7 Å². The number of carbonyl (C=O) groups excluding carboxylic acids is 2. The van der Waals surface area contributed by atoms with Gasteiger partial charge in [-0.25, -0.2) is 9.59 Å². The Bertz CT molecular complexity index is 1530. The Morgan fingerprint density at radius 1 is 1.14 bits per heavy atom. The molecule has 4 N–H and O–H groups in total. The first-order valence-electron chi connectivity index (χ1n) is 13.6. The maximum Gasteiger partial charge on any atom is 0.337 e. The highest BCUT2D eigenvalue weighted by Crippen LogP contribution is 2.35. The molecule has 2 amide bonds. The van der Waals surface area contributed by atoms with E-state index in [9.17, 15) is 14.7 Å². The van der Waals surface area contributed by atoms with Crippen molar-refractivity contribution in [3.63, 3.8) is 0 Å². The molecule has 0 radical (unpaired) electrons. The highest BCUT2D eigenvalue weighted by Gasteiger charge is 2.32. The van der Waals surface area contributed by atoms with Crippen LogP contribution in [-0.4, -0.2) is 49.9 Å². The summed E-state index contributed by atoms with van der Waals surface area (Å²) in [7, 11) is 1.28. The van der Waals surface area contributed by atoms with Crippen LogP contribution in [0.15, 0.2) is 81.5 Å². The minimum Gasteiger partial charge on any atom is -0.490 e. The molecule has 0 saturated carbocycles. The molecular weight excluding hydrogens is 747 g/mol. The number of aliphatic hydroxyl groups excluding tert-OH is 1. The van der Waals surface area contributed by atoms with Crippen LogP contribution in [0.3, 0.4) is 0 Å². The summed E-state index contributed by atoms with van der Waals surface area (Å²) >= 11 is 5.78. The Hall–Kier alpha value is -3.82. The van der Waals surface area contributed by atoms with Crippen LogP contribution in [0.4, 0.5) is 4.79 Å². The van der Waals surface area contributed by atoms with E-state index >= 15 is 0 Å². The van der Waals surface area contributed by atoms with Gasteiger partial charge < -0.3 is 34.7 Å². The lowest BCUT2D eigenvalue weighted by Gasteiger charge is -2.28. The van der Waals surface area contributed by atoms with Crippen molar-refractivity contribution in [3.8, 4) is 17.2 Å². The number of nitrogens with zero attached hydrogens (tertiary/aromatic N) is 1. The largest absolute Gasteiger partial charge is 0.490 e. The summed E-state index contributed by atoms with van der Waals surface area (Å²) in [4.78, 5) is 24.6. The lowest BCUT2D eigenvalue weighted by atomic mass is 9.95. The first kappa shape index (κ1) is 33.1. The van der Waals surface area contributed by atoms with E-state index in [1.165, 1.54) is 7.11 Å². The lowest BCUT2D eigenvalue weighted by Crippen LogP contribution is -2.45. The average Bonchev–Trinajstić information content (AvgIpc) is 3.00. The van der Waals surface area contributed by atoms with E-state index in [4.69, 9.17) is 18.9 Å². The first-order valence-corrected chi connectivity index (χ1v) is 15.5. The van der Waals surface area contributed by atoms with Gasteiger partial charge in [0.25, 0.3) is 0 Å². The fourth-order valence-electron chi connectivity index (χ4n) is 4.34. The van der Waals surface area contributed by atoms with Crippen molar-refractivity contribution in [2.75, 3.05) is 20.3 Å². The zero-order valence-electron chi connectivity index (χ0n) is 24.2. The number of hydrazone groups is 1. The zero-order chi connectivity index (χ0) is 31.6. The molecule has 0 aliphatic carbocycles. The van der Waals surface area contributed by atoms with Crippen molar-refractivity contribution in [1.82, 2.24) is 16.1 Å². The maximum atomic E-state index is 12.4. The molecule has 13 heteroatoms. The zero-order valence-corrected chi connectivity index (χ0v) is 28.0. The molecule has 0 fully saturated rings. The minimum absolute atomic E-state index is 0.138. The number of hydrogen-bond acceptors (Lipinski definition) is 9. The Kier molecular flexibility index (Phi) is 11.9. The summed E-state index contributed by atoms with van der Waals surface area (Å²) < 4.78 is 24.2. The van der Waals surface area contributed by atoms with Gasteiger partial charge in [0, 0.05) is 5.70 Å². The van der Waals surface area contributed by atoms with Gasteiger partial charge >= 0.3 is 12.0 Å². The van der Waals surface area contributed by atoms with Gasteiger partial charge in [0.2, 0.25) is 0 Å². The van der Waals surface area contributed by atoms with Crippen molar-refractivity contribution < 1.29 is 33.6 Å². The second-order valence-electron chi connectivity index (χ2n) is 9.50. The van der Waals surface area contributed by atoms with E-state index in [1.54, 1.807) is 31.3 Å². The summed E-state index contributed by atoms with van der Waals surface area (Å²) in [6.07, 6.45) is 0.454. The Labute approximate surface area is 277 Å². The quantitative estimate of drug-likeness (QED) is 0.0615. The number of urea groups is 1. The van der Waals surface area contributed by atoms with Crippen molar-refractivity contribution in [2.24, 2.45) is 5.10 Å². The molecule has 1 aliphatic rings. The topological polar surface area (TPSA) is 140 Å². The third-order valence-electron chi connectivity index (χ3n) is 6.36. The smallest absolute Gasteiger partial charge is 0.337 e. The van der Waals surface area contributed by atoms with Crippen LogP contribution in [0.2, 0.25) is 0 Å². The third kappa shape index (κ3) is 8.64. The van der Waals surface area contributed by atoms with Crippen LogP contribution in [-0.2, 0) is 16.1 Å².